The number of hydrogen-bond acceptors (Lipinski definition) is 5. The van der Waals surface area contributed by atoms with Crippen molar-refractivity contribution < 1.29 is 9.53 Å². The first-order valence-electron chi connectivity index (χ1n) is 7.38. The first-order valence-corrected chi connectivity index (χ1v) is 7.38. The minimum absolute atomic E-state index is 0.299. The highest BCUT2D eigenvalue weighted by Gasteiger charge is 2.34. The lowest BCUT2D eigenvalue weighted by Crippen LogP contribution is -2.53. The number of likely N-dealkylation sites (tertiary alicyclic amines) is 2. The van der Waals surface area contributed by atoms with Crippen LogP contribution in [0.3, 0.4) is 0 Å². The van der Waals surface area contributed by atoms with Crippen molar-refractivity contribution in [1.29, 1.82) is 0 Å². The Kier molecular flexibility index (Phi) is 5.19. The molecule has 5 heteroatoms. The molecule has 0 aliphatic carbocycles. The fraction of sp³-hybridized carbons (Fsp3) is 0.929. The van der Waals surface area contributed by atoms with Gasteiger partial charge in [0.1, 0.15) is 6.04 Å². The number of fused-ring (bicyclic) bond motifs is 1. The van der Waals surface area contributed by atoms with E-state index in [4.69, 9.17) is 5.73 Å². The molecule has 0 saturated carbocycles. The highest BCUT2D eigenvalue weighted by molar-refractivity contribution is 5.75. The van der Waals surface area contributed by atoms with Crippen molar-refractivity contribution in [1.82, 2.24) is 9.80 Å². The molecule has 0 aromatic rings. The van der Waals surface area contributed by atoms with Crippen LogP contribution in [0.5, 0.6) is 0 Å². The molecule has 2 rings (SSSR count). The number of piperidine rings is 2. The summed E-state index contributed by atoms with van der Waals surface area (Å²) in [7, 11) is 3.64. The van der Waals surface area contributed by atoms with Crippen LogP contribution in [0.2, 0.25) is 0 Å². The number of esters is 1. The first kappa shape index (κ1) is 14.8. The first-order chi connectivity index (χ1) is 9.11. The molecule has 2 heterocycles. The van der Waals surface area contributed by atoms with Crippen LogP contribution in [-0.4, -0.2) is 68.2 Å². The highest BCUT2D eigenvalue weighted by atomic mass is 16.5. The van der Waals surface area contributed by atoms with Gasteiger partial charge in [-0.25, -0.2) is 0 Å². The number of nitrogens with two attached hydrogens (primary N) is 1. The minimum atomic E-state index is -0.475. The van der Waals surface area contributed by atoms with Gasteiger partial charge in [-0.15, -0.1) is 0 Å². The van der Waals surface area contributed by atoms with Crippen LogP contribution in [0, 0.1) is 5.92 Å². The van der Waals surface area contributed by atoms with Crippen LogP contribution in [0.1, 0.15) is 25.7 Å². The molecule has 0 radical (unpaired) electrons. The maximum Gasteiger partial charge on any atom is 0.322 e. The predicted molar refractivity (Wildman–Crippen MR) is 74.8 cm³/mol. The number of nitrogens with zero attached hydrogens (tertiary/aromatic N) is 2. The summed E-state index contributed by atoms with van der Waals surface area (Å²) in [6.45, 7) is 4.43. The van der Waals surface area contributed by atoms with Gasteiger partial charge in [0.05, 0.1) is 7.11 Å². The van der Waals surface area contributed by atoms with Crippen LogP contribution in [-0.2, 0) is 9.53 Å². The van der Waals surface area contributed by atoms with Crippen LogP contribution in [0.15, 0.2) is 0 Å². The quantitative estimate of drug-likeness (QED) is 0.744. The number of hydrogen-bond donors (Lipinski definition) is 1. The zero-order valence-electron chi connectivity index (χ0n) is 12.2. The Labute approximate surface area is 116 Å². The molecule has 0 aromatic heterocycles. The zero-order valence-corrected chi connectivity index (χ0v) is 12.2. The third-order valence-corrected chi connectivity index (χ3v) is 4.69. The maximum atomic E-state index is 11.3. The van der Waals surface area contributed by atoms with Crippen molar-refractivity contribution in [3.8, 4) is 0 Å². The van der Waals surface area contributed by atoms with Crippen molar-refractivity contribution in [3.63, 3.8) is 0 Å². The van der Waals surface area contributed by atoms with Crippen LogP contribution < -0.4 is 5.73 Å². The third kappa shape index (κ3) is 3.68. The van der Waals surface area contributed by atoms with E-state index in [1.807, 2.05) is 0 Å². The number of ether oxygens (including phenoxy) is 1. The van der Waals surface area contributed by atoms with E-state index in [1.54, 1.807) is 0 Å². The Morgan fingerprint density at radius 1 is 1.42 bits per heavy atom. The van der Waals surface area contributed by atoms with E-state index in [1.165, 1.54) is 32.9 Å². The van der Waals surface area contributed by atoms with E-state index in [-0.39, 0.29) is 5.97 Å². The summed E-state index contributed by atoms with van der Waals surface area (Å²) in [6, 6.07) is 0.288. The number of rotatable bonds is 4. The summed E-state index contributed by atoms with van der Waals surface area (Å²) in [6.07, 6.45) is 4.59. The number of methoxy groups -OCH3 is 1. The molecule has 2 saturated heterocycles. The van der Waals surface area contributed by atoms with Crippen LogP contribution in [0.4, 0.5) is 0 Å². The molecule has 19 heavy (non-hydrogen) atoms. The van der Waals surface area contributed by atoms with Gasteiger partial charge in [0.15, 0.2) is 0 Å². The summed E-state index contributed by atoms with van der Waals surface area (Å²) >= 11 is 0. The molecule has 0 spiro atoms. The Morgan fingerprint density at radius 2 is 2.21 bits per heavy atom. The average Bonchev–Trinajstić information content (AvgIpc) is 2.44. The molecule has 5 nitrogen and oxygen atoms in total. The molecule has 3 unspecified atom stereocenters. The van der Waals surface area contributed by atoms with Crippen molar-refractivity contribution in [2.75, 3.05) is 40.3 Å². The summed E-state index contributed by atoms with van der Waals surface area (Å²) in [4.78, 5) is 16.3. The van der Waals surface area contributed by atoms with Crippen molar-refractivity contribution in [2.45, 2.75) is 37.8 Å². The molecule has 110 valence electrons. The third-order valence-electron chi connectivity index (χ3n) is 4.69. The van der Waals surface area contributed by atoms with Gasteiger partial charge in [0.25, 0.3) is 0 Å². The second-order valence-electron chi connectivity index (χ2n) is 5.96. The summed E-state index contributed by atoms with van der Waals surface area (Å²) in [5.74, 6) is 0.495. The summed E-state index contributed by atoms with van der Waals surface area (Å²) in [5.41, 5.74) is 5.79. The molecule has 3 atom stereocenters. The van der Waals surface area contributed by atoms with Crippen molar-refractivity contribution >= 4 is 5.97 Å². The fourth-order valence-corrected chi connectivity index (χ4v) is 3.52. The topological polar surface area (TPSA) is 58.8 Å². The summed E-state index contributed by atoms with van der Waals surface area (Å²) in [5, 5.41) is 0. The van der Waals surface area contributed by atoms with E-state index in [0.29, 0.717) is 6.42 Å². The smallest absolute Gasteiger partial charge is 0.322 e. The number of carbonyl (C=O) groups is 1. The van der Waals surface area contributed by atoms with E-state index < -0.39 is 6.04 Å². The highest BCUT2D eigenvalue weighted by Crippen LogP contribution is 2.29. The second kappa shape index (κ2) is 6.68. The van der Waals surface area contributed by atoms with Crippen LogP contribution >= 0.6 is 0 Å². The molecule has 2 aliphatic rings. The Balaban J connectivity index is 1.76. The predicted octanol–water partition coefficient (Wildman–Crippen LogP) is 0.293. The Bertz CT molecular complexity index is 311. The monoisotopic (exact) mass is 269 g/mol. The average molecular weight is 269 g/mol. The lowest BCUT2D eigenvalue weighted by Gasteiger charge is -2.46. The molecular formula is C14H27N3O2. The van der Waals surface area contributed by atoms with E-state index in [0.717, 1.165) is 31.6 Å². The molecule has 0 bridgehead atoms. The van der Waals surface area contributed by atoms with Gasteiger partial charge in [-0.3, -0.25) is 4.79 Å². The maximum absolute atomic E-state index is 11.3. The number of carbonyl (C=O) groups excluding carboxylic acids is 1. The van der Waals surface area contributed by atoms with Gasteiger partial charge >= 0.3 is 5.97 Å². The molecule has 2 aliphatic heterocycles. The van der Waals surface area contributed by atoms with Crippen molar-refractivity contribution in [3.05, 3.63) is 0 Å². The van der Waals surface area contributed by atoms with Gasteiger partial charge in [-0.1, -0.05) is 0 Å². The lowest BCUT2D eigenvalue weighted by atomic mass is 9.84. The van der Waals surface area contributed by atoms with E-state index in [2.05, 4.69) is 21.6 Å². The Hall–Kier alpha value is -0.650. The molecule has 0 aromatic carbocycles. The van der Waals surface area contributed by atoms with Gasteiger partial charge in [0, 0.05) is 19.1 Å². The standard InChI is InChI=1S/C14H27N3O2/c1-16-7-3-4-11-10-17(9-6-13(11)16)8-5-12(15)14(18)19-2/h11-13H,3-10,15H2,1-2H3. The van der Waals surface area contributed by atoms with Crippen LogP contribution in [0.25, 0.3) is 0 Å². The van der Waals surface area contributed by atoms with Gasteiger partial charge in [0.2, 0.25) is 0 Å². The molecule has 2 fully saturated rings. The molecule has 2 N–H and O–H groups in total. The summed E-state index contributed by atoms with van der Waals surface area (Å²) < 4.78 is 4.66. The lowest BCUT2D eigenvalue weighted by molar-refractivity contribution is -0.142. The second-order valence-corrected chi connectivity index (χ2v) is 5.96. The zero-order chi connectivity index (χ0) is 13.8. The van der Waals surface area contributed by atoms with Gasteiger partial charge < -0.3 is 20.3 Å². The molecule has 0 amide bonds. The fourth-order valence-electron chi connectivity index (χ4n) is 3.52. The van der Waals surface area contributed by atoms with E-state index >= 15 is 0 Å². The molecular weight excluding hydrogens is 242 g/mol. The Morgan fingerprint density at radius 3 is 2.95 bits per heavy atom. The SMILES string of the molecule is COC(=O)C(N)CCN1CCC2C(CCCN2C)C1. The largest absolute Gasteiger partial charge is 0.468 e. The van der Waals surface area contributed by atoms with E-state index in [9.17, 15) is 4.79 Å². The van der Waals surface area contributed by atoms with Gasteiger partial charge in [-0.2, -0.15) is 0 Å². The van der Waals surface area contributed by atoms with Gasteiger partial charge in [-0.05, 0) is 51.7 Å². The van der Waals surface area contributed by atoms with Crippen molar-refractivity contribution in [2.24, 2.45) is 11.7 Å². The minimum Gasteiger partial charge on any atom is -0.468 e. The normalized spacial score (nSPS) is 30.7.